The first-order valence-corrected chi connectivity index (χ1v) is 17.2. The van der Waals surface area contributed by atoms with E-state index in [2.05, 4.69) is 37.7 Å². The lowest BCUT2D eigenvalue weighted by Crippen LogP contribution is -2.30. The highest BCUT2D eigenvalue weighted by atomic mass is 32.2. The number of rotatable bonds is 16. The molecule has 1 unspecified atom stereocenters. The van der Waals surface area contributed by atoms with Crippen molar-refractivity contribution in [1.29, 1.82) is 0 Å². The van der Waals surface area contributed by atoms with Crippen LogP contribution in [0.5, 0.6) is 0 Å². The number of benzene rings is 2. The number of hydrogen-bond acceptors (Lipinski definition) is 10. The van der Waals surface area contributed by atoms with E-state index in [1.54, 1.807) is 47.9 Å². The molecule has 5 rings (SSSR count). The molecular weight excluding hydrogens is 607 g/mol. The highest BCUT2D eigenvalue weighted by Gasteiger charge is 2.31. The van der Waals surface area contributed by atoms with E-state index in [0.717, 1.165) is 41.8 Å². The van der Waals surface area contributed by atoms with Crippen molar-refractivity contribution in [3.8, 4) is 10.6 Å². The molecule has 0 amide bonds. The molecule has 9 nitrogen and oxygen atoms in total. The van der Waals surface area contributed by atoms with E-state index in [-0.39, 0.29) is 23.8 Å². The van der Waals surface area contributed by atoms with Gasteiger partial charge >= 0.3 is 5.97 Å². The summed E-state index contributed by atoms with van der Waals surface area (Å²) in [4.78, 5) is 25.3. The number of nitrogens with zero attached hydrogens (tertiary/aromatic N) is 3. The van der Waals surface area contributed by atoms with Crippen LogP contribution in [0, 0.1) is 0 Å². The predicted octanol–water partition coefficient (Wildman–Crippen LogP) is 6.23. The molecule has 0 aliphatic carbocycles. The van der Waals surface area contributed by atoms with E-state index in [0.29, 0.717) is 12.4 Å². The van der Waals surface area contributed by atoms with E-state index < -0.39 is 21.2 Å². The third-order valence-corrected chi connectivity index (χ3v) is 9.71. The van der Waals surface area contributed by atoms with Gasteiger partial charge < -0.3 is 10.1 Å². The van der Waals surface area contributed by atoms with E-state index in [1.807, 2.05) is 47.8 Å². The van der Waals surface area contributed by atoms with Crippen molar-refractivity contribution in [3.05, 3.63) is 126 Å². The minimum Gasteiger partial charge on any atom is -0.464 e. The molecule has 0 aliphatic heterocycles. The van der Waals surface area contributed by atoms with Crippen molar-refractivity contribution >= 4 is 33.0 Å². The van der Waals surface area contributed by atoms with Crippen LogP contribution in [0.25, 0.3) is 10.6 Å². The van der Waals surface area contributed by atoms with Crippen molar-refractivity contribution in [1.82, 2.24) is 20.3 Å². The van der Waals surface area contributed by atoms with E-state index in [4.69, 9.17) is 4.74 Å². The quantitative estimate of drug-likeness (QED) is 0.0953. The van der Waals surface area contributed by atoms with Crippen LogP contribution in [-0.4, -0.2) is 42.5 Å². The Hall–Kier alpha value is -4.45. The molecule has 0 saturated carbocycles. The summed E-state index contributed by atoms with van der Waals surface area (Å²) in [6, 6.07) is 27.9. The molecule has 11 heteroatoms. The maximum absolute atomic E-state index is 13.7. The lowest BCUT2D eigenvalue weighted by molar-refractivity contribution is -0.141. The summed E-state index contributed by atoms with van der Waals surface area (Å²) < 4.78 is 32.9. The number of anilines is 1. The standard InChI is InChI=1S/C34H35N5O4S2/c40-32(43-22-8-2-5-12-26-10-3-1-4-11-26)25-37-30-14-9-13-29(39-30)34(45(41,42)31-15-6-7-20-35-31)38-24-27-16-18-28(19-17-27)33-36-21-23-44-33/h1,3-4,6-7,9-11,13-21,23,34,38H,2,5,8,12,22,24-25H2,(H,37,39). The molecule has 45 heavy (non-hydrogen) atoms. The zero-order chi connectivity index (χ0) is 31.3. The van der Waals surface area contributed by atoms with Gasteiger partial charge in [0.05, 0.1) is 12.3 Å². The number of unbranched alkanes of at least 4 members (excludes halogenated alkanes) is 2. The number of ether oxygens (including phenoxy) is 1. The first kappa shape index (κ1) is 32.0. The lowest BCUT2D eigenvalue weighted by atomic mass is 10.1. The zero-order valence-corrected chi connectivity index (χ0v) is 26.3. The fourth-order valence-corrected chi connectivity index (χ4v) is 6.81. The molecular formula is C34H35N5O4S2. The summed E-state index contributed by atoms with van der Waals surface area (Å²) in [5.74, 6) is -0.0367. The Balaban J connectivity index is 1.18. The predicted molar refractivity (Wildman–Crippen MR) is 176 cm³/mol. The average Bonchev–Trinajstić information content (AvgIpc) is 3.62. The fraction of sp³-hybridized carbons (Fsp3) is 0.235. The molecule has 0 fully saturated rings. The monoisotopic (exact) mass is 641 g/mol. The molecule has 2 N–H and O–H groups in total. The molecule has 0 bridgehead atoms. The van der Waals surface area contributed by atoms with Gasteiger partial charge in [0.15, 0.2) is 10.4 Å². The smallest absolute Gasteiger partial charge is 0.325 e. The van der Waals surface area contributed by atoms with Crippen LogP contribution in [-0.2, 0) is 32.3 Å². The Morgan fingerprint density at radius 1 is 0.822 bits per heavy atom. The molecule has 0 aliphatic rings. The number of hydrogen-bond donors (Lipinski definition) is 2. The Labute approximate surface area is 267 Å². The number of nitrogens with one attached hydrogen (secondary N) is 2. The highest BCUT2D eigenvalue weighted by molar-refractivity contribution is 7.91. The third kappa shape index (κ3) is 9.27. The number of sulfone groups is 1. The summed E-state index contributed by atoms with van der Waals surface area (Å²) in [6.07, 6.45) is 7.00. The largest absolute Gasteiger partial charge is 0.464 e. The molecule has 0 spiro atoms. The molecule has 232 valence electrons. The van der Waals surface area contributed by atoms with Crippen molar-refractivity contribution < 1.29 is 17.9 Å². The van der Waals surface area contributed by atoms with Crippen LogP contribution in [0.3, 0.4) is 0 Å². The maximum Gasteiger partial charge on any atom is 0.325 e. The number of pyridine rings is 2. The first-order chi connectivity index (χ1) is 22.0. The fourth-order valence-electron chi connectivity index (χ4n) is 4.70. The minimum absolute atomic E-state index is 0.0610. The van der Waals surface area contributed by atoms with E-state index in [1.165, 1.54) is 17.8 Å². The third-order valence-electron chi connectivity index (χ3n) is 7.03. The molecule has 0 saturated heterocycles. The number of carbonyl (C=O) groups is 1. The number of esters is 1. The van der Waals surface area contributed by atoms with Gasteiger partial charge in [0.1, 0.15) is 17.4 Å². The summed E-state index contributed by atoms with van der Waals surface area (Å²) in [5, 5.41) is 7.73. The maximum atomic E-state index is 13.7. The summed E-state index contributed by atoms with van der Waals surface area (Å²) in [5.41, 5.74) is 3.47. The van der Waals surface area contributed by atoms with Gasteiger partial charge in [-0.3, -0.25) is 10.1 Å². The molecule has 3 heterocycles. The molecule has 2 aromatic carbocycles. The van der Waals surface area contributed by atoms with Gasteiger partial charge in [0.25, 0.3) is 0 Å². The Morgan fingerprint density at radius 3 is 2.40 bits per heavy atom. The number of aromatic nitrogens is 3. The Morgan fingerprint density at radius 2 is 1.64 bits per heavy atom. The van der Waals surface area contributed by atoms with Crippen LogP contribution < -0.4 is 10.6 Å². The molecule has 5 aromatic rings. The van der Waals surface area contributed by atoms with Crippen molar-refractivity contribution in [2.45, 2.75) is 42.6 Å². The number of aryl methyl sites for hydroxylation is 1. The van der Waals surface area contributed by atoms with E-state index >= 15 is 0 Å². The molecule has 3 aromatic heterocycles. The summed E-state index contributed by atoms with van der Waals surface area (Å²) >= 11 is 1.55. The Kier molecular flexibility index (Phi) is 11.4. The molecule has 1 atom stereocenters. The summed E-state index contributed by atoms with van der Waals surface area (Å²) in [7, 11) is -3.97. The van der Waals surface area contributed by atoms with Gasteiger partial charge in [-0.15, -0.1) is 11.3 Å². The van der Waals surface area contributed by atoms with E-state index in [9.17, 15) is 13.2 Å². The summed E-state index contributed by atoms with van der Waals surface area (Å²) in [6.45, 7) is 0.533. The van der Waals surface area contributed by atoms with Crippen LogP contribution in [0.1, 0.15) is 41.5 Å². The lowest BCUT2D eigenvalue weighted by Gasteiger charge is -2.19. The van der Waals surface area contributed by atoms with Crippen molar-refractivity contribution in [3.63, 3.8) is 0 Å². The van der Waals surface area contributed by atoms with Gasteiger partial charge in [-0.1, -0.05) is 66.7 Å². The SMILES string of the molecule is O=C(CNc1cccc(C(NCc2ccc(-c3nccs3)cc2)S(=O)(=O)c2ccccn2)n1)OCCCCCc1ccccc1. The second kappa shape index (κ2) is 16.0. The van der Waals surface area contributed by atoms with Crippen LogP contribution in [0.2, 0.25) is 0 Å². The number of thiazole rings is 1. The van der Waals surface area contributed by atoms with Crippen LogP contribution in [0.15, 0.2) is 114 Å². The van der Waals surface area contributed by atoms with Gasteiger partial charge in [0.2, 0.25) is 9.84 Å². The number of carbonyl (C=O) groups excluding carboxylic acids is 1. The van der Waals surface area contributed by atoms with Crippen LogP contribution >= 0.6 is 11.3 Å². The second-order valence-corrected chi connectivity index (χ2v) is 13.2. The minimum atomic E-state index is -3.97. The normalized spacial score (nSPS) is 12.0. The van der Waals surface area contributed by atoms with Gasteiger partial charge in [-0.05, 0) is 61.1 Å². The topological polar surface area (TPSA) is 123 Å². The first-order valence-electron chi connectivity index (χ1n) is 14.8. The highest BCUT2D eigenvalue weighted by Crippen LogP contribution is 2.27. The van der Waals surface area contributed by atoms with Crippen molar-refractivity contribution in [2.75, 3.05) is 18.5 Å². The average molecular weight is 642 g/mol. The van der Waals surface area contributed by atoms with Gasteiger partial charge in [0, 0.05) is 29.9 Å². The second-order valence-electron chi connectivity index (χ2n) is 10.3. The Bertz CT molecular complexity index is 1730. The van der Waals surface area contributed by atoms with Crippen molar-refractivity contribution in [2.24, 2.45) is 0 Å². The zero-order valence-electron chi connectivity index (χ0n) is 24.7. The van der Waals surface area contributed by atoms with Crippen LogP contribution in [0.4, 0.5) is 5.82 Å². The van der Waals surface area contributed by atoms with Gasteiger partial charge in [-0.2, -0.15) is 0 Å². The molecule has 0 radical (unpaired) electrons. The van der Waals surface area contributed by atoms with Gasteiger partial charge in [-0.25, -0.2) is 23.4 Å².